The van der Waals surface area contributed by atoms with Crippen LogP contribution in [-0.4, -0.2) is 31.5 Å². The van der Waals surface area contributed by atoms with Gasteiger partial charge in [-0.25, -0.2) is 8.42 Å². The van der Waals surface area contributed by atoms with Crippen LogP contribution >= 0.6 is 15.9 Å². The third-order valence-electron chi connectivity index (χ3n) is 2.08. The predicted molar refractivity (Wildman–Crippen MR) is 73.7 cm³/mol. The van der Waals surface area contributed by atoms with E-state index >= 15 is 0 Å². The van der Waals surface area contributed by atoms with Gasteiger partial charge in [-0.3, -0.25) is 0 Å². The number of hydrogen-bond donors (Lipinski definition) is 1. The second-order valence-corrected chi connectivity index (χ2v) is 7.47. The zero-order valence-electron chi connectivity index (χ0n) is 10.6. The van der Waals surface area contributed by atoms with E-state index in [1.54, 1.807) is 19.1 Å². The van der Waals surface area contributed by atoms with Crippen LogP contribution in [0.15, 0.2) is 27.6 Å². The van der Waals surface area contributed by atoms with Gasteiger partial charge < -0.3 is 9.84 Å². The van der Waals surface area contributed by atoms with Crippen LogP contribution in [0.3, 0.4) is 0 Å². The summed E-state index contributed by atoms with van der Waals surface area (Å²) in [7, 11) is -3.60. The Morgan fingerprint density at radius 1 is 1.39 bits per heavy atom. The summed E-state index contributed by atoms with van der Waals surface area (Å²) < 4.78 is 30.4. The summed E-state index contributed by atoms with van der Waals surface area (Å²) in [5.74, 6) is -0.0405. The minimum absolute atomic E-state index is 0.0980. The number of ether oxygens (including phenoxy) is 1. The standard InChI is InChI=1S/C12H17BrO4S/c1-4-17-10-6-5-9(13)7-11(10)18(15,16)8-12(2,3)14/h5-7,14H,4,8H2,1-3H3. The van der Waals surface area contributed by atoms with Crippen molar-refractivity contribution in [2.45, 2.75) is 31.3 Å². The van der Waals surface area contributed by atoms with Gasteiger partial charge in [0.05, 0.1) is 18.0 Å². The van der Waals surface area contributed by atoms with Gasteiger partial charge in [0.2, 0.25) is 0 Å². The summed E-state index contributed by atoms with van der Waals surface area (Å²) >= 11 is 3.24. The summed E-state index contributed by atoms with van der Waals surface area (Å²) in [6, 6.07) is 4.81. The maximum absolute atomic E-state index is 12.2. The molecule has 102 valence electrons. The highest BCUT2D eigenvalue weighted by Crippen LogP contribution is 2.29. The Bertz CT molecular complexity index is 517. The molecule has 0 spiro atoms. The topological polar surface area (TPSA) is 63.6 Å². The Morgan fingerprint density at radius 2 is 2.00 bits per heavy atom. The highest BCUT2D eigenvalue weighted by molar-refractivity contribution is 9.10. The Kier molecular flexibility index (Phi) is 4.80. The molecule has 4 nitrogen and oxygen atoms in total. The van der Waals surface area contributed by atoms with Crippen molar-refractivity contribution in [1.29, 1.82) is 0 Å². The zero-order chi connectivity index (χ0) is 14.0. The summed E-state index contributed by atoms with van der Waals surface area (Å²) in [6.07, 6.45) is 0. The van der Waals surface area contributed by atoms with E-state index in [2.05, 4.69) is 15.9 Å². The van der Waals surface area contributed by atoms with Gasteiger partial charge in [-0.15, -0.1) is 0 Å². The molecule has 0 bridgehead atoms. The van der Waals surface area contributed by atoms with E-state index in [1.165, 1.54) is 19.9 Å². The van der Waals surface area contributed by atoms with Crippen molar-refractivity contribution in [2.24, 2.45) is 0 Å². The Hall–Kier alpha value is -0.590. The molecule has 0 aliphatic heterocycles. The molecule has 6 heteroatoms. The van der Waals surface area contributed by atoms with Crippen molar-refractivity contribution in [3.05, 3.63) is 22.7 Å². The fourth-order valence-corrected chi connectivity index (χ4v) is 3.88. The second kappa shape index (κ2) is 5.59. The van der Waals surface area contributed by atoms with Crippen LogP contribution < -0.4 is 4.74 Å². The molecule has 0 unspecified atom stereocenters. The van der Waals surface area contributed by atoms with Crippen molar-refractivity contribution < 1.29 is 18.3 Å². The lowest BCUT2D eigenvalue weighted by Gasteiger charge is -2.18. The first-order chi connectivity index (χ1) is 8.15. The van der Waals surface area contributed by atoms with E-state index in [4.69, 9.17) is 4.74 Å². The van der Waals surface area contributed by atoms with Gasteiger partial charge in [0.25, 0.3) is 0 Å². The van der Waals surface area contributed by atoms with E-state index in [0.717, 1.165) is 0 Å². The molecule has 0 heterocycles. The molecule has 0 aromatic heterocycles. The Labute approximate surface area is 116 Å². The highest BCUT2D eigenvalue weighted by Gasteiger charge is 2.28. The molecule has 0 radical (unpaired) electrons. The molecular weight excluding hydrogens is 320 g/mol. The van der Waals surface area contributed by atoms with Crippen LogP contribution in [0, 0.1) is 0 Å². The van der Waals surface area contributed by atoms with Crippen LogP contribution in [0.2, 0.25) is 0 Å². The molecule has 0 saturated carbocycles. The van der Waals surface area contributed by atoms with E-state index < -0.39 is 15.4 Å². The van der Waals surface area contributed by atoms with Gasteiger partial charge >= 0.3 is 0 Å². The number of aliphatic hydroxyl groups is 1. The monoisotopic (exact) mass is 336 g/mol. The third kappa shape index (κ3) is 4.26. The molecule has 1 aromatic carbocycles. The number of halogens is 1. The molecule has 0 amide bonds. The quantitative estimate of drug-likeness (QED) is 0.896. The number of benzene rings is 1. The van der Waals surface area contributed by atoms with Crippen LogP contribution in [0.4, 0.5) is 0 Å². The fourth-order valence-electron chi connectivity index (χ4n) is 1.54. The van der Waals surface area contributed by atoms with Crippen molar-refractivity contribution >= 4 is 25.8 Å². The molecule has 0 fully saturated rings. The van der Waals surface area contributed by atoms with E-state index in [9.17, 15) is 13.5 Å². The van der Waals surface area contributed by atoms with Gasteiger partial charge in [0.15, 0.2) is 9.84 Å². The van der Waals surface area contributed by atoms with Gasteiger partial charge in [0, 0.05) is 4.47 Å². The average molecular weight is 337 g/mol. The lowest BCUT2D eigenvalue weighted by molar-refractivity contribution is 0.105. The van der Waals surface area contributed by atoms with Crippen molar-refractivity contribution in [2.75, 3.05) is 12.4 Å². The lowest BCUT2D eigenvalue weighted by atomic mass is 10.2. The molecule has 1 N–H and O–H groups in total. The second-order valence-electron chi connectivity index (χ2n) is 4.60. The van der Waals surface area contributed by atoms with Crippen molar-refractivity contribution in [3.63, 3.8) is 0 Å². The van der Waals surface area contributed by atoms with E-state index in [0.29, 0.717) is 16.8 Å². The average Bonchev–Trinajstić information content (AvgIpc) is 2.17. The molecule has 1 rings (SSSR count). The van der Waals surface area contributed by atoms with Crippen LogP contribution in [0.1, 0.15) is 20.8 Å². The largest absolute Gasteiger partial charge is 0.493 e. The summed E-state index contributed by atoms with van der Waals surface area (Å²) in [5.41, 5.74) is -1.29. The molecule has 0 saturated heterocycles. The molecule has 0 aliphatic rings. The lowest BCUT2D eigenvalue weighted by Crippen LogP contribution is -2.30. The first-order valence-electron chi connectivity index (χ1n) is 5.53. The normalized spacial score (nSPS) is 12.5. The van der Waals surface area contributed by atoms with Gasteiger partial charge in [0.1, 0.15) is 10.6 Å². The van der Waals surface area contributed by atoms with Gasteiger partial charge in [-0.05, 0) is 39.0 Å². The Balaban J connectivity index is 3.26. The smallest absolute Gasteiger partial charge is 0.184 e. The molecular formula is C12H17BrO4S. The molecule has 1 aromatic rings. The summed E-state index contributed by atoms with van der Waals surface area (Å²) in [6.45, 7) is 5.09. The first kappa shape index (κ1) is 15.5. The minimum Gasteiger partial charge on any atom is -0.493 e. The third-order valence-corrected chi connectivity index (χ3v) is 4.65. The summed E-state index contributed by atoms with van der Waals surface area (Å²) in [5, 5.41) is 9.67. The van der Waals surface area contributed by atoms with E-state index in [1.807, 2.05) is 0 Å². The SMILES string of the molecule is CCOc1ccc(Br)cc1S(=O)(=O)CC(C)(C)O. The molecule has 0 aliphatic carbocycles. The number of rotatable bonds is 5. The van der Waals surface area contributed by atoms with E-state index in [-0.39, 0.29) is 10.6 Å². The zero-order valence-corrected chi connectivity index (χ0v) is 13.0. The Morgan fingerprint density at radius 3 is 2.50 bits per heavy atom. The first-order valence-corrected chi connectivity index (χ1v) is 7.98. The fraction of sp³-hybridized carbons (Fsp3) is 0.500. The minimum atomic E-state index is -3.60. The van der Waals surface area contributed by atoms with Crippen molar-refractivity contribution in [1.82, 2.24) is 0 Å². The maximum atomic E-state index is 12.2. The van der Waals surface area contributed by atoms with Gasteiger partial charge in [-0.1, -0.05) is 15.9 Å². The van der Waals surface area contributed by atoms with Gasteiger partial charge in [-0.2, -0.15) is 0 Å². The van der Waals surface area contributed by atoms with Crippen LogP contribution in [0.25, 0.3) is 0 Å². The van der Waals surface area contributed by atoms with Crippen LogP contribution in [0.5, 0.6) is 5.75 Å². The van der Waals surface area contributed by atoms with Crippen LogP contribution in [-0.2, 0) is 9.84 Å². The molecule has 18 heavy (non-hydrogen) atoms. The maximum Gasteiger partial charge on any atom is 0.184 e. The highest BCUT2D eigenvalue weighted by atomic mass is 79.9. The summed E-state index contributed by atoms with van der Waals surface area (Å²) in [4.78, 5) is 0.0980. The number of sulfone groups is 1. The predicted octanol–water partition coefficient (Wildman–Crippen LogP) is 2.39. The molecule has 0 atom stereocenters. The van der Waals surface area contributed by atoms with Crippen molar-refractivity contribution in [3.8, 4) is 5.75 Å². The number of hydrogen-bond acceptors (Lipinski definition) is 4.